The molecule has 2 aromatic heterocycles. The van der Waals surface area contributed by atoms with Gasteiger partial charge in [-0.3, -0.25) is 4.90 Å². The Labute approximate surface area is 277 Å². The number of hydrogen-bond acceptors (Lipinski definition) is 10. The van der Waals surface area contributed by atoms with Crippen molar-refractivity contribution in [1.29, 1.82) is 5.26 Å². The SMILES string of the molecule is CN1CCC2(CC(CO)C2)Oc2c(Cl)c(-c3ccc(F)c4sc(N)c(C#N)c34)c(F)c3nc(OC[C@@]45CCCN4C[C@H](F)C5)nc1c23. The van der Waals surface area contributed by atoms with E-state index in [1.54, 1.807) is 0 Å². The van der Waals surface area contributed by atoms with Crippen molar-refractivity contribution in [3.8, 4) is 29.0 Å². The van der Waals surface area contributed by atoms with Crippen molar-refractivity contribution in [3.05, 3.63) is 34.4 Å². The maximum atomic E-state index is 17.2. The minimum absolute atomic E-state index is 0.0192. The van der Waals surface area contributed by atoms with Gasteiger partial charge in [0.2, 0.25) is 0 Å². The maximum Gasteiger partial charge on any atom is 0.319 e. The van der Waals surface area contributed by atoms with Crippen molar-refractivity contribution in [2.24, 2.45) is 5.92 Å². The number of nitrogens with zero attached hydrogens (tertiary/aromatic N) is 5. The molecule has 0 amide bonds. The van der Waals surface area contributed by atoms with E-state index in [1.165, 1.54) is 12.1 Å². The third-order valence-electron chi connectivity index (χ3n) is 10.5. The zero-order chi connectivity index (χ0) is 32.8. The number of aliphatic hydroxyl groups is 1. The third kappa shape index (κ3) is 4.63. The summed E-state index contributed by atoms with van der Waals surface area (Å²) in [6.07, 6.45) is 2.86. The molecule has 3 N–H and O–H groups in total. The summed E-state index contributed by atoms with van der Waals surface area (Å²) in [5, 5.41) is 20.2. The van der Waals surface area contributed by atoms with E-state index in [1.807, 2.05) is 18.0 Å². The number of benzene rings is 2. The van der Waals surface area contributed by atoms with Gasteiger partial charge in [-0.1, -0.05) is 17.7 Å². The number of nitrogens with two attached hydrogens (primary N) is 1. The van der Waals surface area contributed by atoms with Crippen molar-refractivity contribution in [2.45, 2.75) is 55.8 Å². The van der Waals surface area contributed by atoms with Crippen molar-refractivity contribution in [2.75, 3.05) is 50.5 Å². The fraction of sp³-hybridized carbons (Fsp3) is 0.485. The normalized spacial score (nSPS) is 27.0. The van der Waals surface area contributed by atoms with Gasteiger partial charge in [0.05, 0.1) is 26.2 Å². The molecule has 5 heterocycles. The Balaban J connectivity index is 1.35. The lowest BCUT2D eigenvalue weighted by Gasteiger charge is -2.49. The summed E-state index contributed by atoms with van der Waals surface area (Å²) in [6.45, 7) is 1.83. The molecule has 3 aliphatic heterocycles. The molecular formula is C33H32ClF3N6O3S. The minimum Gasteiger partial charge on any atom is -0.485 e. The van der Waals surface area contributed by atoms with Crippen LogP contribution in [-0.2, 0) is 0 Å². The first-order valence-corrected chi connectivity index (χ1v) is 16.9. The van der Waals surface area contributed by atoms with Crippen LogP contribution in [0, 0.1) is 28.9 Å². The molecule has 2 saturated heterocycles. The third-order valence-corrected chi connectivity index (χ3v) is 11.9. The second-order valence-corrected chi connectivity index (χ2v) is 14.8. The van der Waals surface area contributed by atoms with E-state index in [4.69, 9.17) is 31.8 Å². The van der Waals surface area contributed by atoms with Crippen molar-refractivity contribution < 1.29 is 27.8 Å². The van der Waals surface area contributed by atoms with Gasteiger partial charge in [-0.05, 0) is 49.8 Å². The molecule has 8 rings (SSSR count). The molecule has 0 bridgehead atoms. The quantitative estimate of drug-likeness (QED) is 0.253. The highest BCUT2D eigenvalue weighted by Gasteiger charge is 2.50. The molecule has 4 aromatic rings. The van der Waals surface area contributed by atoms with E-state index in [0.717, 1.165) is 30.7 Å². The summed E-state index contributed by atoms with van der Waals surface area (Å²) in [5.41, 5.74) is 4.94. The number of aromatic nitrogens is 2. The van der Waals surface area contributed by atoms with Crippen LogP contribution in [0.2, 0.25) is 5.02 Å². The first kappa shape index (κ1) is 30.7. The van der Waals surface area contributed by atoms with Gasteiger partial charge >= 0.3 is 6.01 Å². The molecule has 14 heteroatoms. The molecule has 47 heavy (non-hydrogen) atoms. The van der Waals surface area contributed by atoms with Crippen molar-refractivity contribution >= 4 is 54.7 Å². The second-order valence-electron chi connectivity index (χ2n) is 13.4. The number of nitriles is 1. The molecule has 2 aromatic carbocycles. The number of ether oxygens (including phenoxy) is 2. The van der Waals surface area contributed by atoms with Crippen LogP contribution < -0.4 is 20.1 Å². The molecule has 246 valence electrons. The van der Waals surface area contributed by atoms with Crippen LogP contribution in [0.3, 0.4) is 0 Å². The zero-order valence-electron chi connectivity index (χ0n) is 25.6. The predicted octanol–water partition coefficient (Wildman–Crippen LogP) is 6.21. The molecule has 1 aliphatic carbocycles. The van der Waals surface area contributed by atoms with Gasteiger partial charge in [0.15, 0.2) is 11.6 Å². The average molecular weight is 685 g/mol. The molecular weight excluding hydrogens is 653 g/mol. The fourth-order valence-corrected chi connectivity index (χ4v) is 9.49. The summed E-state index contributed by atoms with van der Waals surface area (Å²) >= 11 is 8.03. The Hall–Kier alpha value is -3.57. The molecule has 2 atom stereocenters. The zero-order valence-corrected chi connectivity index (χ0v) is 27.2. The Kier molecular flexibility index (Phi) is 7.18. The average Bonchev–Trinajstić information content (AvgIpc) is 3.68. The lowest BCUT2D eigenvalue weighted by atomic mass is 9.69. The van der Waals surface area contributed by atoms with E-state index in [9.17, 15) is 14.8 Å². The van der Waals surface area contributed by atoms with E-state index in [2.05, 4.69) is 9.88 Å². The Morgan fingerprint density at radius 3 is 2.79 bits per heavy atom. The largest absolute Gasteiger partial charge is 0.485 e. The monoisotopic (exact) mass is 684 g/mol. The smallest absolute Gasteiger partial charge is 0.319 e. The van der Waals surface area contributed by atoms with Gasteiger partial charge in [0.25, 0.3) is 0 Å². The lowest BCUT2D eigenvalue weighted by Crippen LogP contribution is -2.52. The van der Waals surface area contributed by atoms with Crippen LogP contribution >= 0.6 is 22.9 Å². The standard InChI is InChI=1S/C33H32ClF3N6O3S/c1-42-8-6-33(9-16(10-33)14-44)46-27-23-26(40-31(41-30(23)42)45-15-32-5-2-7-43(32)13-17(35)11-32)25(37)22(24(27)34)18-3-4-20(36)28-21(18)19(12-38)29(39)47-28/h3-4,16-17,44H,2,5-11,13-15,39H2,1H3/t16?,17-,32+,33?/m1/s1. The molecule has 1 saturated carbocycles. The number of alkyl halides is 1. The Morgan fingerprint density at radius 2 is 2.02 bits per heavy atom. The molecule has 0 radical (unpaired) electrons. The first-order valence-electron chi connectivity index (χ1n) is 15.7. The van der Waals surface area contributed by atoms with E-state index in [-0.39, 0.29) is 78.6 Å². The highest BCUT2D eigenvalue weighted by molar-refractivity contribution is 7.23. The summed E-state index contributed by atoms with van der Waals surface area (Å²) in [6, 6.07) is 4.54. The first-order chi connectivity index (χ1) is 22.6. The van der Waals surface area contributed by atoms with E-state index < -0.39 is 28.9 Å². The molecule has 9 nitrogen and oxygen atoms in total. The van der Waals surface area contributed by atoms with Gasteiger partial charge < -0.3 is 25.2 Å². The number of thiophene rings is 1. The van der Waals surface area contributed by atoms with Crippen molar-refractivity contribution in [3.63, 3.8) is 0 Å². The number of rotatable bonds is 5. The molecule has 4 aliphatic rings. The molecule has 0 unspecified atom stereocenters. The Bertz CT molecular complexity index is 2000. The lowest BCUT2D eigenvalue weighted by molar-refractivity contribution is -0.0696. The number of halogens is 4. The molecule has 1 spiro atoms. The van der Waals surface area contributed by atoms with Gasteiger partial charge in [-0.15, -0.1) is 11.3 Å². The summed E-state index contributed by atoms with van der Waals surface area (Å²) in [7, 11) is 1.84. The number of anilines is 2. The van der Waals surface area contributed by atoms with Crippen LogP contribution in [-0.4, -0.2) is 77.2 Å². The number of aliphatic hydroxyl groups excluding tert-OH is 1. The van der Waals surface area contributed by atoms with Gasteiger partial charge in [-0.25, -0.2) is 13.2 Å². The van der Waals surface area contributed by atoms with Crippen molar-refractivity contribution in [1.82, 2.24) is 14.9 Å². The minimum atomic E-state index is -0.945. The van der Waals surface area contributed by atoms with E-state index in [0.29, 0.717) is 44.6 Å². The predicted molar refractivity (Wildman–Crippen MR) is 174 cm³/mol. The summed E-state index contributed by atoms with van der Waals surface area (Å²) in [5.74, 6) is -0.838. The number of nitrogen functional groups attached to an aromatic ring is 1. The highest BCUT2D eigenvalue weighted by Crippen LogP contribution is 2.54. The second kappa shape index (κ2) is 11.0. The van der Waals surface area contributed by atoms with Crippen LogP contribution in [0.25, 0.3) is 32.1 Å². The van der Waals surface area contributed by atoms with E-state index >= 15 is 8.78 Å². The van der Waals surface area contributed by atoms with Gasteiger partial charge in [0, 0.05) is 50.5 Å². The molecule has 3 fully saturated rings. The number of fused-ring (bicyclic) bond motifs is 2. The number of hydrogen-bond donors (Lipinski definition) is 2. The van der Waals surface area contributed by atoms with Gasteiger partial charge in [-0.2, -0.15) is 15.2 Å². The fourth-order valence-electron chi connectivity index (χ4n) is 8.22. The summed E-state index contributed by atoms with van der Waals surface area (Å²) < 4.78 is 59.7. The Morgan fingerprint density at radius 1 is 1.21 bits per heavy atom. The van der Waals surface area contributed by atoms with Crippen LogP contribution in [0.4, 0.5) is 24.0 Å². The maximum absolute atomic E-state index is 17.2. The van der Waals surface area contributed by atoms with Crippen LogP contribution in [0.5, 0.6) is 11.8 Å². The van der Waals surface area contributed by atoms with Crippen LogP contribution in [0.15, 0.2) is 12.1 Å². The van der Waals surface area contributed by atoms with Gasteiger partial charge in [0.1, 0.15) is 46.6 Å². The van der Waals surface area contributed by atoms with Crippen LogP contribution in [0.1, 0.15) is 44.1 Å². The summed E-state index contributed by atoms with van der Waals surface area (Å²) in [4.78, 5) is 13.3. The highest BCUT2D eigenvalue weighted by atomic mass is 35.5. The topological polar surface area (TPSA) is 121 Å².